The highest BCUT2D eigenvalue weighted by Crippen LogP contribution is 2.13. The molecule has 3 heteroatoms. The Labute approximate surface area is 67.4 Å². The predicted molar refractivity (Wildman–Crippen MR) is 42.1 cm³/mol. The number of hydrogen-bond donors (Lipinski definition) is 1. The Morgan fingerprint density at radius 3 is 2.45 bits per heavy atom. The number of esters is 1. The summed E-state index contributed by atoms with van der Waals surface area (Å²) in [5.74, 6) is -0.291. The van der Waals surface area contributed by atoms with Crippen molar-refractivity contribution in [2.45, 2.75) is 45.8 Å². The summed E-state index contributed by atoms with van der Waals surface area (Å²) in [6.45, 7) is 5.78. The quantitative estimate of drug-likeness (QED) is 0.540. The highest BCUT2D eigenvalue weighted by atomic mass is 16.5. The van der Waals surface area contributed by atoms with Crippen molar-refractivity contribution in [3.8, 4) is 0 Å². The summed E-state index contributed by atoms with van der Waals surface area (Å²) >= 11 is 0. The highest BCUT2D eigenvalue weighted by molar-refractivity contribution is 5.70. The Hall–Kier alpha value is -0.570. The maximum absolute atomic E-state index is 10.5. The lowest BCUT2D eigenvalue weighted by molar-refractivity contribution is -0.158. The van der Waals surface area contributed by atoms with Crippen LogP contribution in [0.4, 0.5) is 0 Å². The Kier molecular flexibility index (Phi) is 4.86. The number of hydrogen-bond acceptors (Lipinski definition) is 3. The van der Waals surface area contributed by atoms with Crippen molar-refractivity contribution in [3.05, 3.63) is 0 Å². The molecule has 0 aromatic carbocycles. The van der Waals surface area contributed by atoms with Gasteiger partial charge in [-0.05, 0) is 6.92 Å². The first-order chi connectivity index (χ1) is 5.18. The van der Waals surface area contributed by atoms with Crippen molar-refractivity contribution >= 4 is 5.97 Å². The molecule has 2 atom stereocenters. The van der Waals surface area contributed by atoms with Gasteiger partial charge in [0.1, 0.15) is 6.10 Å². The summed E-state index contributed by atoms with van der Waals surface area (Å²) in [6.07, 6.45) is 0.137. The van der Waals surface area contributed by atoms with E-state index in [4.69, 9.17) is 9.84 Å². The third-order valence-electron chi connectivity index (χ3n) is 1.34. The highest BCUT2D eigenvalue weighted by Gasteiger charge is 2.23. The van der Waals surface area contributed by atoms with Crippen LogP contribution in [0.3, 0.4) is 0 Å². The van der Waals surface area contributed by atoms with E-state index in [1.54, 1.807) is 6.92 Å². The van der Waals surface area contributed by atoms with E-state index in [1.807, 2.05) is 13.8 Å². The zero-order chi connectivity index (χ0) is 8.85. The first kappa shape index (κ1) is 10.4. The van der Waals surface area contributed by atoms with Crippen molar-refractivity contribution in [1.29, 1.82) is 0 Å². The molecule has 1 N–H and O–H groups in total. The lowest BCUT2D eigenvalue weighted by atomic mass is 10.1. The molecule has 1 aliphatic rings. The molecular formula is C8H16O3. The van der Waals surface area contributed by atoms with Gasteiger partial charge >= 0.3 is 5.97 Å². The molecule has 1 fully saturated rings. The monoisotopic (exact) mass is 160 g/mol. The number of ether oxygens (including phenoxy) is 1. The molecule has 66 valence electrons. The van der Waals surface area contributed by atoms with Gasteiger partial charge in [-0.25, -0.2) is 0 Å². The molecule has 0 radical (unpaired) electrons. The molecule has 0 saturated carbocycles. The topological polar surface area (TPSA) is 46.5 Å². The van der Waals surface area contributed by atoms with Gasteiger partial charge in [-0.2, -0.15) is 0 Å². The van der Waals surface area contributed by atoms with E-state index in [0.29, 0.717) is 6.42 Å². The maximum atomic E-state index is 10.5. The van der Waals surface area contributed by atoms with Crippen LogP contribution in [0, 0.1) is 0 Å². The maximum Gasteiger partial charge on any atom is 0.308 e. The van der Waals surface area contributed by atoms with Gasteiger partial charge in [0.15, 0.2) is 0 Å². The summed E-state index contributed by atoms with van der Waals surface area (Å²) in [6, 6.07) is 0. The summed E-state index contributed by atoms with van der Waals surface area (Å²) < 4.78 is 4.76. The van der Waals surface area contributed by atoms with Gasteiger partial charge in [0.05, 0.1) is 12.5 Å². The Morgan fingerprint density at radius 2 is 2.09 bits per heavy atom. The zero-order valence-corrected chi connectivity index (χ0v) is 7.33. The normalized spacial score (nSPS) is 30.0. The van der Waals surface area contributed by atoms with E-state index in [1.165, 1.54) is 0 Å². The average molecular weight is 160 g/mol. The molecule has 2 unspecified atom stereocenters. The van der Waals surface area contributed by atoms with Crippen molar-refractivity contribution in [2.75, 3.05) is 0 Å². The summed E-state index contributed by atoms with van der Waals surface area (Å²) in [5, 5.41) is 8.95. The van der Waals surface area contributed by atoms with Crippen LogP contribution < -0.4 is 0 Å². The van der Waals surface area contributed by atoms with E-state index in [2.05, 4.69) is 0 Å². The van der Waals surface area contributed by atoms with Gasteiger partial charge in [-0.15, -0.1) is 0 Å². The molecule has 0 bridgehead atoms. The SMILES string of the molecule is CC.CC1CC(O)CC(=O)O1. The van der Waals surface area contributed by atoms with Crippen LogP contribution in [0.5, 0.6) is 0 Å². The molecule has 0 amide bonds. The number of carbonyl (C=O) groups is 1. The third-order valence-corrected chi connectivity index (χ3v) is 1.34. The fourth-order valence-electron chi connectivity index (χ4n) is 0.979. The molecule has 11 heavy (non-hydrogen) atoms. The first-order valence-corrected chi connectivity index (χ1v) is 4.06. The predicted octanol–water partition coefficient (Wildman–Crippen LogP) is 1.10. The first-order valence-electron chi connectivity index (χ1n) is 4.06. The molecule has 0 aromatic heterocycles. The summed E-state index contributed by atoms with van der Waals surface area (Å²) in [5.41, 5.74) is 0. The van der Waals surface area contributed by atoms with Crippen LogP contribution in [-0.4, -0.2) is 23.3 Å². The largest absolute Gasteiger partial charge is 0.462 e. The Balaban J connectivity index is 0.000000461. The van der Waals surface area contributed by atoms with Crippen LogP contribution in [-0.2, 0) is 9.53 Å². The minimum atomic E-state index is -0.485. The second-order valence-corrected chi connectivity index (χ2v) is 2.39. The third kappa shape index (κ3) is 3.98. The average Bonchev–Trinajstić information content (AvgIpc) is 1.88. The number of aliphatic hydroxyl groups is 1. The molecule has 0 spiro atoms. The van der Waals surface area contributed by atoms with Crippen LogP contribution >= 0.6 is 0 Å². The number of carbonyl (C=O) groups excluding carboxylic acids is 1. The lowest BCUT2D eigenvalue weighted by Gasteiger charge is -2.22. The van der Waals surface area contributed by atoms with Crippen molar-refractivity contribution in [1.82, 2.24) is 0 Å². The zero-order valence-electron chi connectivity index (χ0n) is 7.33. The van der Waals surface area contributed by atoms with Gasteiger partial charge in [-0.3, -0.25) is 4.79 Å². The smallest absolute Gasteiger partial charge is 0.308 e. The van der Waals surface area contributed by atoms with Gasteiger partial charge in [0.2, 0.25) is 0 Å². The van der Waals surface area contributed by atoms with Crippen LogP contribution in [0.25, 0.3) is 0 Å². The molecule has 3 nitrogen and oxygen atoms in total. The fraction of sp³-hybridized carbons (Fsp3) is 0.875. The summed E-state index contributed by atoms with van der Waals surface area (Å²) in [4.78, 5) is 10.5. The molecule has 0 aliphatic carbocycles. The van der Waals surface area contributed by atoms with Crippen molar-refractivity contribution < 1.29 is 14.6 Å². The van der Waals surface area contributed by atoms with Crippen LogP contribution in [0.1, 0.15) is 33.6 Å². The molecule has 1 rings (SSSR count). The van der Waals surface area contributed by atoms with E-state index in [0.717, 1.165) is 0 Å². The Morgan fingerprint density at radius 1 is 1.55 bits per heavy atom. The molecular weight excluding hydrogens is 144 g/mol. The van der Waals surface area contributed by atoms with Crippen molar-refractivity contribution in [2.24, 2.45) is 0 Å². The second-order valence-electron chi connectivity index (χ2n) is 2.39. The van der Waals surface area contributed by atoms with Crippen LogP contribution in [0.2, 0.25) is 0 Å². The molecule has 1 heterocycles. The summed E-state index contributed by atoms with van der Waals surface area (Å²) in [7, 11) is 0. The van der Waals surface area contributed by atoms with E-state index in [-0.39, 0.29) is 18.5 Å². The van der Waals surface area contributed by atoms with Gasteiger partial charge in [0.25, 0.3) is 0 Å². The van der Waals surface area contributed by atoms with Crippen LogP contribution in [0.15, 0.2) is 0 Å². The fourth-order valence-corrected chi connectivity index (χ4v) is 0.979. The van der Waals surface area contributed by atoms with Crippen molar-refractivity contribution in [3.63, 3.8) is 0 Å². The van der Waals surface area contributed by atoms with Gasteiger partial charge in [0, 0.05) is 6.42 Å². The number of cyclic esters (lactones) is 1. The standard InChI is InChI=1S/C6H10O3.C2H6/c1-4-2-5(7)3-6(8)9-4;1-2/h4-5,7H,2-3H2,1H3;1-2H3. The van der Waals surface area contributed by atoms with E-state index >= 15 is 0 Å². The molecule has 1 aliphatic heterocycles. The molecule has 0 aromatic rings. The van der Waals surface area contributed by atoms with Gasteiger partial charge < -0.3 is 9.84 Å². The minimum Gasteiger partial charge on any atom is -0.462 e. The number of rotatable bonds is 0. The van der Waals surface area contributed by atoms with E-state index < -0.39 is 6.10 Å². The van der Waals surface area contributed by atoms with E-state index in [9.17, 15) is 4.79 Å². The van der Waals surface area contributed by atoms with Gasteiger partial charge in [-0.1, -0.05) is 13.8 Å². The lowest BCUT2D eigenvalue weighted by Crippen LogP contribution is -2.30. The Bertz CT molecular complexity index is 111. The number of aliphatic hydroxyl groups excluding tert-OH is 1. The molecule has 1 saturated heterocycles. The minimum absolute atomic E-state index is 0.110. The second kappa shape index (κ2) is 5.13.